The standard InChI is InChI=1S/C31H37F7N8O2/c1-2-45-23(7-12-40-45)27(48)42-25(18-5-10-30(34,35)11-6-18)22-16-46-28(41-22)43-24(17-3-8-29(32,33)9-4-17)21(44-46)14-19-13-20(31(36,37)38)15-39-26(19)47/h7,12,16-20,25H,2-6,8-11,13-15H2,1H3,(H,39,47)(H,42,48)/t19-,20-,25+/m1/s1. The lowest BCUT2D eigenvalue weighted by Crippen LogP contribution is -2.47. The van der Waals surface area contributed by atoms with Gasteiger partial charge in [0, 0.05) is 63.2 Å². The van der Waals surface area contributed by atoms with Crippen LogP contribution in [-0.4, -0.2) is 65.7 Å². The van der Waals surface area contributed by atoms with Crippen LogP contribution in [0.4, 0.5) is 30.7 Å². The largest absolute Gasteiger partial charge is 0.393 e. The smallest absolute Gasteiger partial charge is 0.355 e. The second kappa shape index (κ2) is 12.9. The number of carbonyl (C=O) groups excluding carboxylic acids is 2. The molecule has 4 heterocycles. The van der Waals surface area contributed by atoms with Crippen molar-refractivity contribution in [1.29, 1.82) is 0 Å². The summed E-state index contributed by atoms with van der Waals surface area (Å²) in [6, 6.07) is 0.712. The van der Waals surface area contributed by atoms with Crippen LogP contribution in [0.5, 0.6) is 0 Å². The number of piperidine rings is 1. The summed E-state index contributed by atoms with van der Waals surface area (Å²) in [6.07, 6.45) is -3.45. The van der Waals surface area contributed by atoms with Gasteiger partial charge in [-0.1, -0.05) is 0 Å². The fraction of sp³-hybridized carbons (Fsp3) is 0.677. The van der Waals surface area contributed by atoms with Gasteiger partial charge in [-0.25, -0.2) is 32.0 Å². The number of halogens is 7. The molecule has 3 aromatic rings. The molecule has 1 saturated heterocycles. The molecule has 17 heteroatoms. The van der Waals surface area contributed by atoms with Crippen molar-refractivity contribution in [3.63, 3.8) is 0 Å². The van der Waals surface area contributed by atoms with Gasteiger partial charge in [0.05, 0.1) is 35.2 Å². The number of imidazole rings is 1. The van der Waals surface area contributed by atoms with Gasteiger partial charge in [-0.3, -0.25) is 14.3 Å². The SMILES string of the molecule is CCn1nccc1C(=O)N[C@H](c1cn2nc(C[C@H]3C[C@@H](C(F)(F)F)CNC3=O)c(C3CCC(F)(F)CC3)nc2n1)C1CCC(F)(F)CC1. The van der Waals surface area contributed by atoms with Gasteiger partial charge in [-0.05, 0) is 51.0 Å². The number of fused-ring (bicyclic) bond motifs is 1. The molecule has 2 amide bonds. The molecule has 6 rings (SSSR count). The Bertz CT molecular complexity index is 1630. The number of nitrogens with zero attached hydrogens (tertiary/aromatic N) is 6. The fourth-order valence-electron chi connectivity index (χ4n) is 7.20. The first-order valence-corrected chi connectivity index (χ1v) is 16.3. The number of hydrogen-bond donors (Lipinski definition) is 2. The Hall–Kier alpha value is -3.79. The number of amides is 2. The lowest BCUT2D eigenvalue weighted by Gasteiger charge is -2.33. The van der Waals surface area contributed by atoms with Crippen LogP contribution in [0.15, 0.2) is 18.5 Å². The van der Waals surface area contributed by atoms with Crippen LogP contribution >= 0.6 is 0 Å². The first-order valence-electron chi connectivity index (χ1n) is 16.3. The fourth-order valence-corrected chi connectivity index (χ4v) is 7.20. The van der Waals surface area contributed by atoms with E-state index in [0.717, 1.165) is 0 Å². The first-order chi connectivity index (χ1) is 22.6. The maximum absolute atomic E-state index is 14.1. The highest BCUT2D eigenvalue weighted by atomic mass is 19.4. The molecule has 3 fully saturated rings. The Kier molecular flexibility index (Phi) is 9.17. The average Bonchev–Trinajstić information content (AvgIpc) is 3.67. The van der Waals surface area contributed by atoms with Crippen LogP contribution in [0.25, 0.3) is 5.78 Å². The third-order valence-electron chi connectivity index (χ3n) is 9.99. The summed E-state index contributed by atoms with van der Waals surface area (Å²) in [6.45, 7) is 1.70. The number of aromatic nitrogens is 6. The lowest BCUT2D eigenvalue weighted by molar-refractivity contribution is -0.183. The molecule has 0 unspecified atom stereocenters. The second-order valence-electron chi connectivity index (χ2n) is 13.3. The van der Waals surface area contributed by atoms with Crippen molar-refractivity contribution in [2.45, 2.75) is 108 Å². The third kappa shape index (κ3) is 7.28. The van der Waals surface area contributed by atoms with E-state index in [2.05, 4.69) is 30.8 Å². The number of rotatable bonds is 8. The predicted octanol–water partition coefficient (Wildman–Crippen LogP) is 5.79. The Labute approximate surface area is 271 Å². The minimum absolute atomic E-state index is 0.0561. The Morgan fingerprint density at radius 2 is 1.73 bits per heavy atom. The van der Waals surface area contributed by atoms with Crippen LogP contribution in [0, 0.1) is 17.8 Å². The summed E-state index contributed by atoms with van der Waals surface area (Å²) in [5, 5.41) is 14.0. The predicted molar refractivity (Wildman–Crippen MR) is 156 cm³/mol. The van der Waals surface area contributed by atoms with Gasteiger partial charge in [-0.2, -0.15) is 23.4 Å². The van der Waals surface area contributed by atoms with E-state index in [9.17, 15) is 40.3 Å². The summed E-state index contributed by atoms with van der Waals surface area (Å²) in [5.74, 6) is -10.4. The Morgan fingerprint density at radius 1 is 1.06 bits per heavy atom. The number of nitrogens with one attached hydrogen (secondary N) is 2. The number of alkyl halides is 7. The molecule has 1 aliphatic heterocycles. The molecular formula is C31H37F7N8O2. The monoisotopic (exact) mass is 686 g/mol. The summed E-state index contributed by atoms with van der Waals surface area (Å²) >= 11 is 0. The van der Waals surface area contributed by atoms with Gasteiger partial charge < -0.3 is 10.6 Å². The van der Waals surface area contributed by atoms with E-state index < -0.39 is 85.4 Å². The quantitative estimate of drug-likeness (QED) is 0.290. The van der Waals surface area contributed by atoms with E-state index in [1.807, 2.05) is 6.92 Å². The number of hydrogen-bond acceptors (Lipinski definition) is 6. The van der Waals surface area contributed by atoms with Crippen molar-refractivity contribution < 1.29 is 40.3 Å². The molecule has 0 bridgehead atoms. The molecule has 3 aromatic heterocycles. The zero-order valence-electron chi connectivity index (χ0n) is 26.2. The number of carbonyl (C=O) groups is 2. The maximum Gasteiger partial charge on any atom is 0.393 e. The van der Waals surface area contributed by atoms with Gasteiger partial charge in [0.15, 0.2) is 0 Å². The highest BCUT2D eigenvalue weighted by molar-refractivity contribution is 5.92. The number of aryl methyl sites for hydroxylation is 1. The molecule has 0 radical (unpaired) electrons. The highest BCUT2D eigenvalue weighted by Crippen LogP contribution is 2.43. The Morgan fingerprint density at radius 3 is 2.38 bits per heavy atom. The molecule has 2 N–H and O–H groups in total. The van der Waals surface area contributed by atoms with Gasteiger partial charge in [0.2, 0.25) is 17.8 Å². The van der Waals surface area contributed by atoms with Gasteiger partial charge in [0.1, 0.15) is 5.69 Å². The zero-order chi connectivity index (χ0) is 34.4. The van der Waals surface area contributed by atoms with Gasteiger partial charge >= 0.3 is 6.18 Å². The maximum atomic E-state index is 14.1. The summed E-state index contributed by atoms with van der Waals surface area (Å²) in [7, 11) is 0. The second-order valence-corrected chi connectivity index (χ2v) is 13.3. The van der Waals surface area contributed by atoms with Crippen molar-refractivity contribution in [1.82, 2.24) is 40.0 Å². The van der Waals surface area contributed by atoms with E-state index in [4.69, 9.17) is 0 Å². The summed E-state index contributed by atoms with van der Waals surface area (Å²) in [5.41, 5.74) is 1.05. The van der Waals surface area contributed by atoms with Crippen molar-refractivity contribution in [3.05, 3.63) is 41.2 Å². The molecule has 10 nitrogen and oxygen atoms in total. The van der Waals surface area contributed by atoms with Crippen molar-refractivity contribution in [2.75, 3.05) is 6.54 Å². The third-order valence-corrected chi connectivity index (χ3v) is 9.99. The van der Waals surface area contributed by atoms with Crippen LogP contribution in [0.3, 0.4) is 0 Å². The van der Waals surface area contributed by atoms with E-state index in [-0.39, 0.29) is 67.8 Å². The molecule has 3 aliphatic rings. The van der Waals surface area contributed by atoms with E-state index >= 15 is 0 Å². The molecule has 2 saturated carbocycles. The molecule has 262 valence electrons. The zero-order valence-corrected chi connectivity index (χ0v) is 26.2. The summed E-state index contributed by atoms with van der Waals surface area (Å²) in [4.78, 5) is 35.4. The van der Waals surface area contributed by atoms with Crippen LogP contribution < -0.4 is 10.6 Å². The van der Waals surface area contributed by atoms with E-state index in [1.54, 1.807) is 0 Å². The van der Waals surface area contributed by atoms with Crippen LogP contribution in [0.1, 0.15) is 104 Å². The van der Waals surface area contributed by atoms with Gasteiger partial charge in [-0.15, -0.1) is 0 Å². The minimum atomic E-state index is -4.52. The highest BCUT2D eigenvalue weighted by Gasteiger charge is 2.46. The molecular weight excluding hydrogens is 649 g/mol. The normalized spacial score (nSPS) is 24.4. The molecule has 0 aromatic carbocycles. The molecule has 3 atom stereocenters. The van der Waals surface area contributed by atoms with Crippen LogP contribution in [-0.2, 0) is 17.8 Å². The molecule has 0 spiro atoms. The average molecular weight is 687 g/mol. The van der Waals surface area contributed by atoms with Gasteiger partial charge in [0.25, 0.3) is 11.7 Å². The minimum Gasteiger partial charge on any atom is -0.355 e. The van der Waals surface area contributed by atoms with E-state index in [0.29, 0.717) is 12.2 Å². The molecule has 2 aliphatic carbocycles. The van der Waals surface area contributed by atoms with Crippen molar-refractivity contribution in [3.8, 4) is 0 Å². The first kappa shape index (κ1) is 34.1. The topological polar surface area (TPSA) is 119 Å². The molecule has 48 heavy (non-hydrogen) atoms. The summed E-state index contributed by atoms with van der Waals surface area (Å²) < 4.78 is 100. The lowest BCUT2D eigenvalue weighted by atomic mass is 9.81. The van der Waals surface area contributed by atoms with Crippen LogP contribution in [0.2, 0.25) is 0 Å². The van der Waals surface area contributed by atoms with Crippen molar-refractivity contribution >= 4 is 17.6 Å². The van der Waals surface area contributed by atoms with Crippen molar-refractivity contribution in [2.24, 2.45) is 17.8 Å². The Balaban J connectivity index is 1.36. The van der Waals surface area contributed by atoms with E-state index in [1.165, 1.54) is 27.7 Å².